The van der Waals surface area contributed by atoms with Gasteiger partial charge in [0.2, 0.25) is 10.0 Å². The molecule has 3 N–H and O–H groups in total. The molecule has 0 radical (unpaired) electrons. The molecule has 6 heteroatoms. The van der Waals surface area contributed by atoms with Crippen LogP contribution in [0, 0.1) is 6.92 Å². The first-order valence-corrected chi connectivity index (χ1v) is 6.86. The number of nitrogens with one attached hydrogen (secondary N) is 1. The molecule has 0 bridgehead atoms. The van der Waals surface area contributed by atoms with Crippen LogP contribution in [0.25, 0.3) is 0 Å². The summed E-state index contributed by atoms with van der Waals surface area (Å²) in [5.74, 6) is -0.0761. The lowest BCUT2D eigenvalue weighted by Gasteiger charge is -2.09. The summed E-state index contributed by atoms with van der Waals surface area (Å²) in [6.45, 7) is 2.04. The van der Waals surface area contributed by atoms with Crippen LogP contribution < -0.4 is 10.5 Å². The molecule has 0 heterocycles. The zero-order chi connectivity index (χ0) is 11.5. The number of aryl methyl sites for hydroxylation is 1. The van der Waals surface area contributed by atoms with Gasteiger partial charge in [-0.15, -0.1) is 0 Å². The van der Waals surface area contributed by atoms with Gasteiger partial charge in [0, 0.05) is 11.0 Å². The highest BCUT2D eigenvalue weighted by molar-refractivity contribution is 9.10. The Kier molecular flexibility index (Phi) is 4.12. The van der Waals surface area contributed by atoms with Crippen molar-refractivity contribution >= 4 is 31.6 Å². The van der Waals surface area contributed by atoms with Crippen molar-refractivity contribution in [2.24, 2.45) is 5.73 Å². The number of anilines is 1. The van der Waals surface area contributed by atoms with Gasteiger partial charge >= 0.3 is 0 Å². The molecule has 0 spiro atoms. The van der Waals surface area contributed by atoms with E-state index in [1.54, 1.807) is 6.07 Å². The monoisotopic (exact) mass is 292 g/mol. The van der Waals surface area contributed by atoms with Crippen LogP contribution in [0.1, 0.15) is 5.56 Å². The fourth-order valence-corrected chi connectivity index (χ4v) is 2.73. The number of halogens is 1. The largest absolute Gasteiger partial charge is 0.329 e. The van der Waals surface area contributed by atoms with Gasteiger partial charge in [-0.3, -0.25) is 4.72 Å². The van der Waals surface area contributed by atoms with Crippen molar-refractivity contribution < 1.29 is 8.42 Å². The third kappa shape index (κ3) is 3.81. The van der Waals surface area contributed by atoms with Crippen LogP contribution in [-0.2, 0) is 10.0 Å². The summed E-state index contributed by atoms with van der Waals surface area (Å²) in [6, 6.07) is 5.40. The van der Waals surface area contributed by atoms with Gasteiger partial charge in [-0.05, 0) is 40.5 Å². The average Bonchev–Trinajstić information content (AvgIpc) is 2.09. The van der Waals surface area contributed by atoms with E-state index in [2.05, 4.69) is 20.7 Å². The molecular formula is C9H13BrN2O2S. The van der Waals surface area contributed by atoms with E-state index in [-0.39, 0.29) is 12.3 Å². The maximum atomic E-state index is 11.4. The van der Waals surface area contributed by atoms with Crippen LogP contribution in [0.4, 0.5) is 5.69 Å². The number of benzene rings is 1. The molecule has 0 aliphatic heterocycles. The summed E-state index contributed by atoms with van der Waals surface area (Å²) in [5, 5.41) is 0. The molecule has 0 saturated heterocycles. The molecule has 15 heavy (non-hydrogen) atoms. The van der Waals surface area contributed by atoms with E-state index < -0.39 is 10.0 Å². The van der Waals surface area contributed by atoms with Gasteiger partial charge in [0.05, 0.1) is 11.4 Å². The maximum Gasteiger partial charge on any atom is 0.234 e. The zero-order valence-corrected chi connectivity index (χ0v) is 10.7. The van der Waals surface area contributed by atoms with Crippen molar-refractivity contribution in [3.05, 3.63) is 28.2 Å². The van der Waals surface area contributed by atoms with E-state index in [9.17, 15) is 8.42 Å². The first-order valence-electron chi connectivity index (χ1n) is 4.41. The summed E-state index contributed by atoms with van der Waals surface area (Å²) in [7, 11) is -3.33. The Hall–Kier alpha value is -0.590. The van der Waals surface area contributed by atoms with Crippen molar-refractivity contribution in [1.82, 2.24) is 0 Å². The molecule has 0 aromatic heterocycles. The van der Waals surface area contributed by atoms with Crippen LogP contribution in [0.2, 0.25) is 0 Å². The lowest BCUT2D eigenvalue weighted by molar-refractivity contribution is 0.601. The second-order valence-electron chi connectivity index (χ2n) is 3.19. The molecule has 0 atom stereocenters. The minimum absolute atomic E-state index is 0.0761. The SMILES string of the molecule is Cc1ccc(NS(=O)(=O)CCN)c(Br)c1. The van der Waals surface area contributed by atoms with E-state index >= 15 is 0 Å². The lowest BCUT2D eigenvalue weighted by atomic mass is 10.2. The Morgan fingerprint density at radius 2 is 2.13 bits per heavy atom. The average molecular weight is 293 g/mol. The van der Waals surface area contributed by atoms with E-state index in [0.29, 0.717) is 5.69 Å². The minimum Gasteiger partial charge on any atom is -0.329 e. The molecule has 4 nitrogen and oxygen atoms in total. The molecular weight excluding hydrogens is 280 g/mol. The Bertz CT molecular complexity index is 445. The molecule has 0 fully saturated rings. The van der Waals surface area contributed by atoms with Gasteiger partial charge in [0.1, 0.15) is 0 Å². The number of hydrogen-bond acceptors (Lipinski definition) is 3. The first kappa shape index (κ1) is 12.5. The van der Waals surface area contributed by atoms with E-state index in [4.69, 9.17) is 5.73 Å². The standard InChI is InChI=1S/C9H13BrN2O2S/c1-7-2-3-9(8(10)6-7)12-15(13,14)5-4-11/h2-3,6,12H,4-5,11H2,1H3. The van der Waals surface area contributed by atoms with E-state index in [1.165, 1.54) is 0 Å². The van der Waals surface area contributed by atoms with Gasteiger partial charge in [-0.2, -0.15) is 0 Å². The van der Waals surface area contributed by atoms with Crippen molar-refractivity contribution in [1.29, 1.82) is 0 Å². The van der Waals surface area contributed by atoms with Gasteiger partial charge in [-0.25, -0.2) is 8.42 Å². The minimum atomic E-state index is -3.33. The maximum absolute atomic E-state index is 11.4. The van der Waals surface area contributed by atoms with E-state index in [1.807, 2.05) is 19.1 Å². The molecule has 84 valence electrons. The first-order chi connectivity index (χ1) is 6.94. The summed E-state index contributed by atoms with van der Waals surface area (Å²) < 4.78 is 26.0. The van der Waals surface area contributed by atoms with Crippen LogP contribution in [-0.4, -0.2) is 20.7 Å². The molecule has 0 unspecified atom stereocenters. The van der Waals surface area contributed by atoms with E-state index in [0.717, 1.165) is 10.0 Å². The summed E-state index contributed by atoms with van der Waals surface area (Å²) >= 11 is 3.29. The van der Waals surface area contributed by atoms with Crippen LogP contribution >= 0.6 is 15.9 Å². The third-order valence-electron chi connectivity index (χ3n) is 1.78. The number of nitrogens with two attached hydrogens (primary N) is 1. The molecule has 1 aromatic rings. The number of rotatable bonds is 4. The summed E-state index contributed by atoms with van der Waals surface area (Å²) in [5.41, 5.74) is 6.79. The second-order valence-corrected chi connectivity index (χ2v) is 5.89. The number of hydrogen-bond donors (Lipinski definition) is 2. The molecule has 1 rings (SSSR count). The topological polar surface area (TPSA) is 72.2 Å². The summed E-state index contributed by atoms with van der Waals surface area (Å²) in [6.07, 6.45) is 0. The van der Waals surface area contributed by atoms with Crippen LogP contribution in [0.15, 0.2) is 22.7 Å². The van der Waals surface area contributed by atoms with Gasteiger partial charge in [0.25, 0.3) is 0 Å². The fourth-order valence-electron chi connectivity index (χ4n) is 1.08. The Labute approximate surface area is 98.0 Å². The van der Waals surface area contributed by atoms with Gasteiger partial charge in [0.15, 0.2) is 0 Å². The Morgan fingerprint density at radius 1 is 1.47 bits per heavy atom. The predicted molar refractivity (Wildman–Crippen MR) is 65.3 cm³/mol. The fraction of sp³-hybridized carbons (Fsp3) is 0.333. The Balaban J connectivity index is 2.90. The molecule has 0 aliphatic rings. The number of sulfonamides is 1. The molecule has 0 aliphatic carbocycles. The predicted octanol–water partition coefficient (Wildman–Crippen LogP) is 1.46. The van der Waals surface area contributed by atoms with Gasteiger partial charge < -0.3 is 5.73 Å². The second kappa shape index (κ2) is 4.96. The highest BCUT2D eigenvalue weighted by Gasteiger charge is 2.10. The van der Waals surface area contributed by atoms with Gasteiger partial charge in [-0.1, -0.05) is 6.07 Å². The molecule has 0 amide bonds. The molecule has 0 saturated carbocycles. The molecule has 1 aromatic carbocycles. The quantitative estimate of drug-likeness (QED) is 0.882. The third-order valence-corrected chi connectivity index (χ3v) is 3.74. The highest BCUT2D eigenvalue weighted by Crippen LogP contribution is 2.24. The zero-order valence-electron chi connectivity index (χ0n) is 8.33. The summed E-state index contributed by atoms with van der Waals surface area (Å²) in [4.78, 5) is 0. The van der Waals surface area contributed by atoms with Crippen molar-refractivity contribution in [3.63, 3.8) is 0 Å². The van der Waals surface area contributed by atoms with Crippen molar-refractivity contribution in [3.8, 4) is 0 Å². The highest BCUT2D eigenvalue weighted by atomic mass is 79.9. The van der Waals surface area contributed by atoms with Crippen LogP contribution in [0.3, 0.4) is 0 Å². The smallest absolute Gasteiger partial charge is 0.234 e. The van der Waals surface area contributed by atoms with Crippen molar-refractivity contribution in [2.45, 2.75) is 6.92 Å². The van der Waals surface area contributed by atoms with Crippen molar-refractivity contribution in [2.75, 3.05) is 17.0 Å². The normalized spacial score (nSPS) is 11.4. The lowest BCUT2D eigenvalue weighted by Crippen LogP contribution is -2.22. The van der Waals surface area contributed by atoms with Crippen LogP contribution in [0.5, 0.6) is 0 Å². The Morgan fingerprint density at radius 3 is 2.67 bits per heavy atom.